The van der Waals surface area contributed by atoms with Crippen LogP contribution >= 0.6 is 15.9 Å². The molecule has 0 saturated heterocycles. The number of halogens is 1. The lowest BCUT2D eigenvalue weighted by atomic mass is 10.2. The Bertz CT molecular complexity index is 130. The van der Waals surface area contributed by atoms with Crippen LogP contribution in [0, 0.1) is 0 Å². The lowest BCUT2D eigenvalue weighted by Crippen LogP contribution is -2.23. The molecule has 3 nitrogen and oxygen atoms in total. The van der Waals surface area contributed by atoms with Crippen LogP contribution in [0.4, 0.5) is 0 Å². The molecule has 72 valence electrons. The van der Waals surface area contributed by atoms with Crippen LogP contribution in [-0.2, 0) is 4.74 Å². The number of hydrogen-bond donors (Lipinski definition) is 2. The average molecular weight is 238 g/mol. The highest BCUT2D eigenvalue weighted by Gasteiger charge is 2.01. The second kappa shape index (κ2) is 7.73. The minimum absolute atomic E-state index is 0.369. The van der Waals surface area contributed by atoms with Gasteiger partial charge in [0.05, 0.1) is 12.7 Å². The maximum Gasteiger partial charge on any atom is 0.0785 e. The molecule has 0 aromatic carbocycles. The number of nitrogens with one attached hydrogen (secondary N) is 1. The molecule has 0 radical (unpaired) electrons. The maximum atomic E-state index is 9.22. The molecule has 0 fully saturated rings. The first-order chi connectivity index (χ1) is 5.66. The predicted molar refractivity (Wildman–Crippen MR) is 53.4 cm³/mol. The van der Waals surface area contributed by atoms with E-state index in [0.29, 0.717) is 13.0 Å². The van der Waals surface area contributed by atoms with Gasteiger partial charge in [0.2, 0.25) is 0 Å². The Balaban J connectivity index is 3.13. The van der Waals surface area contributed by atoms with Crippen molar-refractivity contribution in [1.29, 1.82) is 0 Å². The summed E-state index contributed by atoms with van der Waals surface area (Å²) in [5, 5.41) is 12.3. The van der Waals surface area contributed by atoms with Gasteiger partial charge in [-0.3, -0.25) is 0 Å². The third-order valence-corrected chi connectivity index (χ3v) is 1.61. The van der Waals surface area contributed by atoms with Crippen molar-refractivity contribution in [2.24, 2.45) is 0 Å². The van der Waals surface area contributed by atoms with Crippen LogP contribution in [-0.4, -0.2) is 38.0 Å². The first-order valence-electron chi connectivity index (χ1n) is 3.87. The summed E-state index contributed by atoms with van der Waals surface area (Å²) in [6.07, 6.45) is 0.333. The van der Waals surface area contributed by atoms with Crippen LogP contribution in [0.15, 0.2) is 11.1 Å². The molecule has 1 atom stereocenters. The van der Waals surface area contributed by atoms with E-state index < -0.39 is 0 Å². The van der Waals surface area contributed by atoms with Gasteiger partial charge in [-0.1, -0.05) is 22.5 Å². The summed E-state index contributed by atoms with van der Waals surface area (Å²) in [6, 6.07) is 0. The normalized spacial score (nSPS) is 12.9. The van der Waals surface area contributed by atoms with Gasteiger partial charge < -0.3 is 15.2 Å². The standard InChI is InChI=1S/C8H16BrNO2/c1-7(9)5-10-4-3-8(11)6-12-2/h8,10-11H,1,3-6H2,2H3. The van der Waals surface area contributed by atoms with Crippen molar-refractivity contribution in [3.8, 4) is 0 Å². The zero-order valence-corrected chi connectivity index (χ0v) is 8.93. The molecule has 0 bridgehead atoms. The van der Waals surface area contributed by atoms with Crippen molar-refractivity contribution >= 4 is 15.9 Å². The van der Waals surface area contributed by atoms with E-state index in [9.17, 15) is 5.11 Å². The molecule has 0 aliphatic carbocycles. The zero-order chi connectivity index (χ0) is 9.40. The fraction of sp³-hybridized carbons (Fsp3) is 0.750. The summed E-state index contributed by atoms with van der Waals surface area (Å²) < 4.78 is 5.70. The van der Waals surface area contributed by atoms with Gasteiger partial charge in [0, 0.05) is 18.1 Å². The molecule has 12 heavy (non-hydrogen) atoms. The van der Waals surface area contributed by atoms with E-state index in [1.54, 1.807) is 7.11 Å². The Hall–Kier alpha value is 0.1000. The van der Waals surface area contributed by atoms with Gasteiger partial charge in [-0.15, -0.1) is 0 Å². The molecule has 0 aromatic heterocycles. The molecule has 4 heteroatoms. The lowest BCUT2D eigenvalue weighted by molar-refractivity contribution is 0.0596. The lowest BCUT2D eigenvalue weighted by Gasteiger charge is -2.09. The molecule has 2 N–H and O–H groups in total. The summed E-state index contributed by atoms with van der Waals surface area (Å²) in [5.41, 5.74) is 0. The van der Waals surface area contributed by atoms with Crippen molar-refractivity contribution in [1.82, 2.24) is 5.32 Å². The van der Waals surface area contributed by atoms with E-state index in [-0.39, 0.29) is 6.10 Å². The molecular formula is C8H16BrNO2. The Morgan fingerprint density at radius 3 is 2.92 bits per heavy atom. The Morgan fingerprint density at radius 1 is 1.75 bits per heavy atom. The van der Waals surface area contributed by atoms with Crippen LogP contribution in [0.5, 0.6) is 0 Å². The van der Waals surface area contributed by atoms with E-state index in [0.717, 1.165) is 17.6 Å². The molecule has 0 aliphatic rings. The molecule has 0 aromatic rings. The topological polar surface area (TPSA) is 41.5 Å². The summed E-state index contributed by atoms with van der Waals surface area (Å²) >= 11 is 3.23. The summed E-state index contributed by atoms with van der Waals surface area (Å²) in [5.74, 6) is 0. The van der Waals surface area contributed by atoms with Gasteiger partial charge in [0.1, 0.15) is 0 Å². The molecule has 0 heterocycles. The van der Waals surface area contributed by atoms with Crippen LogP contribution in [0.25, 0.3) is 0 Å². The van der Waals surface area contributed by atoms with Crippen LogP contribution in [0.3, 0.4) is 0 Å². The van der Waals surface area contributed by atoms with E-state index in [1.807, 2.05) is 0 Å². The van der Waals surface area contributed by atoms with Gasteiger partial charge in [-0.25, -0.2) is 0 Å². The summed E-state index contributed by atoms with van der Waals surface area (Å²) in [7, 11) is 1.58. The van der Waals surface area contributed by atoms with Gasteiger partial charge >= 0.3 is 0 Å². The summed E-state index contributed by atoms with van der Waals surface area (Å²) in [4.78, 5) is 0. The van der Waals surface area contributed by atoms with Crippen molar-refractivity contribution in [2.45, 2.75) is 12.5 Å². The predicted octanol–water partition coefficient (Wildman–Crippen LogP) is 0.882. The van der Waals surface area contributed by atoms with Crippen molar-refractivity contribution in [3.63, 3.8) is 0 Å². The maximum absolute atomic E-state index is 9.22. The van der Waals surface area contributed by atoms with E-state index in [1.165, 1.54) is 0 Å². The Kier molecular flexibility index (Phi) is 7.80. The van der Waals surface area contributed by atoms with E-state index in [2.05, 4.69) is 27.8 Å². The fourth-order valence-electron chi connectivity index (χ4n) is 0.768. The quantitative estimate of drug-likeness (QED) is 0.647. The Labute approximate surface area is 81.9 Å². The molecule has 0 saturated carbocycles. The largest absolute Gasteiger partial charge is 0.391 e. The van der Waals surface area contributed by atoms with Gasteiger partial charge in [-0.05, 0) is 13.0 Å². The third kappa shape index (κ3) is 8.20. The van der Waals surface area contributed by atoms with E-state index >= 15 is 0 Å². The molecular weight excluding hydrogens is 222 g/mol. The van der Waals surface area contributed by atoms with Crippen molar-refractivity contribution < 1.29 is 9.84 Å². The first-order valence-corrected chi connectivity index (χ1v) is 4.67. The highest BCUT2D eigenvalue weighted by Crippen LogP contribution is 1.97. The van der Waals surface area contributed by atoms with Gasteiger partial charge in [-0.2, -0.15) is 0 Å². The van der Waals surface area contributed by atoms with Crippen LogP contribution in [0.1, 0.15) is 6.42 Å². The minimum Gasteiger partial charge on any atom is -0.391 e. The molecule has 0 aliphatic heterocycles. The SMILES string of the molecule is C=C(Br)CNCCC(O)COC. The second-order valence-corrected chi connectivity index (χ2v) is 3.71. The molecule has 0 spiro atoms. The molecule has 0 amide bonds. The number of methoxy groups -OCH3 is 1. The van der Waals surface area contributed by atoms with Gasteiger partial charge in [0.25, 0.3) is 0 Å². The summed E-state index contributed by atoms with van der Waals surface area (Å²) in [6.45, 7) is 5.58. The highest BCUT2D eigenvalue weighted by molar-refractivity contribution is 9.11. The fourth-order valence-corrected chi connectivity index (χ4v) is 0.967. The number of aliphatic hydroxyl groups excluding tert-OH is 1. The van der Waals surface area contributed by atoms with E-state index in [4.69, 9.17) is 4.74 Å². The number of rotatable bonds is 7. The average Bonchev–Trinajstić information content (AvgIpc) is 1.98. The molecule has 0 rings (SSSR count). The Morgan fingerprint density at radius 2 is 2.42 bits per heavy atom. The number of aliphatic hydroxyl groups is 1. The minimum atomic E-state index is -0.369. The second-order valence-electron chi connectivity index (χ2n) is 2.59. The number of hydrogen-bond acceptors (Lipinski definition) is 3. The monoisotopic (exact) mass is 237 g/mol. The highest BCUT2D eigenvalue weighted by atomic mass is 79.9. The molecule has 1 unspecified atom stereocenters. The van der Waals surface area contributed by atoms with Crippen LogP contribution < -0.4 is 5.32 Å². The van der Waals surface area contributed by atoms with Gasteiger partial charge in [0.15, 0.2) is 0 Å². The van der Waals surface area contributed by atoms with Crippen molar-refractivity contribution in [3.05, 3.63) is 11.1 Å². The van der Waals surface area contributed by atoms with Crippen LogP contribution in [0.2, 0.25) is 0 Å². The third-order valence-electron chi connectivity index (χ3n) is 1.33. The smallest absolute Gasteiger partial charge is 0.0785 e. The first kappa shape index (κ1) is 12.1. The zero-order valence-electron chi connectivity index (χ0n) is 7.35. The number of ether oxygens (including phenoxy) is 1. The van der Waals surface area contributed by atoms with Crippen molar-refractivity contribution in [2.75, 3.05) is 26.8 Å².